The van der Waals surface area contributed by atoms with Gasteiger partial charge in [-0.3, -0.25) is 9.78 Å². The lowest BCUT2D eigenvalue weighted by Crippen LogP contribution is -2.37. The van der Waals surface area contributed by atoms with Crippen LogP contribution < -0.4 is 15.4 Å². The van der Waals surface area contributed by atoms with Crippen molar-refractivity contribution in [3.05, 3.63) is 102 Å². The van der Waals surface area contributed by atoms with Crippen molar-refractivity contribution in [1.29, 1.82) is 0 Å². The number of nitrogens with zero attached hydrogens (tertiary/aromatic N) is 1. The van der Waals surface area contributed by atoms with Crippen LogP contribution in [0.5, 0.6) is 5.75 Å². The van der Waals surface area contributed by atoms with Gasteiger partial charge in [-0.15, -0.1) is 0 Å². The average Bonchev–Trinajstić information content (AvgIpc) is 2.97. The van der Waals surface area contributed by atoms with Crippen LogP contribution in [0.2, 0.25) is 0 Å². The molecule has 1 heterocycles. The van der Waals surface area contributed by atoms with Gasteiger partial charge in [0.2, 0.25) is 5.91 Å². The molecule has 3 N–H and O–H groups in total. The maximum absolute atomic E-state index is 13.4. The number of amides is 2. The Hall–Kier alpha value is -4.43. The average molecular weight is 558 g/mol. The van der Waals surface area contributed by atoms with Crippen LogP contribution >= 0.6 is 0 Å². The zero-order valence-electron chi connectivity index (χ0n) is 24.3. The number of alkyl carbamates (subject to hydrolysis) is 1. The molecule has 2 amide bonds. The predicted molar refractivity (Wildman–Crippen MR) is 162 cm³/mol. The molecule has 0 fully saturated rings. The van der Waals surface area contributed by atoms with Gasteiger partial charge in [-0.05, 0) is 67.6 Å². The Kier molecular flexibility index (Phi) is 11.2. The van der Waals surface area contributed by atoms with Crippen LogP contribution in [0.1, 0.15) is 57.8 Å². The topological polar surface area (TPSA) is 110 Å². The highest BCUT2D eigenvalue weighted by Crippen LogP contribution is 2.24. The van der Waals surface area contributed by atoms with Gasteiger partial charge in [-0.25, -0.2) is 4.79 Å². The maximum atomic E-state index is 13.4. The van der Waals surface area contributed by atoms with Crippen LogP contribution in [0.3, 0.4) is 0 Å². The quantitative estimate of drug-likeness (QED) is 0.213. The Balaban J connectivity index is 0.00000226. The molecule has 0 radical (unpaired) electrons. The van der Waals surface area contributed by atoms with Crippen molar-refractivity contribution < 1.29 is 24.2 Å². The lowest BCUT2D eigenvalue weighted by atomic mass is 9.97. The van der Waals surface area contributed by atoms with Gasteiger partial charge in [0, 0.05) is 30.0 Å². The number of benzene rings is 3. The Bertz CT molecular complexity index is 1400. The SMILES string of the molecule is CC.CC(C)(C)OC(=O)NCC(C(=O)Nc1ccc2cnccc2c1)c1ccc(OCC(O)c2ccccc2)cc1. The Morgan fingerprint density at radius 3 is 2.29 bits per heavy atom. The standard InChI is InChI=1S/C31H33N3O5.C2H6/c1-31(2,3)39-30(37)33-19-27(29(36)34-25-12-9-24-18-32-16-15-23(24)17-25)21-10-13-26(14-11-21)38-20-28(35)22-7-5-4-6-8-22;1-2/h4-18,27-28,35H,19-20H2,1-3H3,(H,33,37)(H,34,36);1-2H3. The summed E-state index contributed by atoms with van der Waals surface area (Å²) in [6.07, 6.45) is 2.09. The Labute approximate surface area is 241 Å². The number of aromatic nitrogens is 1. The molecule has 2 atom stereocenters. The summed E-state index contributed by atoms with van der Waals surface area (Å²) < 4.78 is 11.1. The van der Waals surface area contributed by atoms with Crippen molar-refractivity contribution in [2.24, 2.45) is 0 Å². The second-order valence-corrected chi connectivity index (χ2v) is 10.2. The summed E-state index contributed by atoms with van der Waals surface area (Å²) in [4.78, 5) is 29.9. The lowest BCUT2D eigenvalue weighted by Gasteiger charge is -2.22. The molecule has 8 heteroatoms. The molecule has 0 aliphatic rings. The molecule has 2 unspecified atom stereocenters. The Morgan fingerprint density at radius 2 is 1.61 bits per heavy atom. The van der Waals surface area contributed by atoms with E-state index in [1.807, 2.05) is 68.4 Å². The first-order chi connectivity index (χ1) is 19.7. The van der Waals surface area contributed by atoms with E-state index in [1.165, 1.54) is 0 Å². The highest BCUT2D eigenvalue weighted by molar-refractivity contribution is 5.98. The number of carbonyl (C=O) groups is 2. The third kappa shape index (κ3) is 9.61. The molecule has 3 aromatic carbocycles. The number of hydrogen-bond acceptors (Lipinski definition) is 6. The number of pyridine rings is 1. The van der Waals surface area contributed by atoms with Gasteiger partial charge in [-0.1, -0.05) is 62.4 Å². The van der Waals surface area contributed by atoms with Gasteiger partial charge in [0.15, 0.2) is 0 Å². The summed E-state index contributed by atoms with van der Waals surface area (Å²) in [6, 6.07) is 23.8. The van der Waals surface area contributed by atoms with Crippen LogP contribution in [-0.2, 0) is 9.53 Å². The van der Waals surface area contributed by atoms with Crippen LogP contribution in [0.4, 0.5) is 10.5 Å². The predicted octanol–water partition coefficient (Wildman–Crippen LogP) is 6.62. The molecule has 0 aliphatic heterocycles. The number of rotatable bonds is 9. The fourth-order valence-electron chi connectivity index (χ4n) is 3.99. The van der Waals surface area contributed by atoms with E-state index in [1.54, 1.807) is 57.4 Å². The third-order valence-electron chi connectivity index (χ3n) is 5.95. The van der Waals surface area contributed by atoms with E-state index in [9.17, 15) is 14.7 Å². The number of ether oxygens (including phenoxy) is 2. The number of aliphatic hydroxyl groups excluding tert-OH is 1. The Morgan fingerprint density at radius 1 is 0.902 bits per heavy atom. The normalized spacial score (nSPS) is 12.3. The van der Waals surface area contributed by atoms with E-state index >= 15 is 0 Å². The number of anilines is 1. The number of nitrogens with one attached hydrogen (secondary N) is 2. The van der Waals surface area contributed by atoms with Crippen molar-refractivity contribution in [3.8, 4) is 5.75 Å². The molecule has 41 heavy (non-hydrogen) atoms. The van der Waals surface area contributed by atoms with E-state index in [0.29, 0.717) is 17.0 Å². The van der Waals surface area contributed by atoms with Gasteiger partial charge in [0.25, 0.3) is 0 Å². The van der Waals surface area contributed by atoms with Crippen LogP contribution in [0.15, 0.2) is 91.3 Å². The fourth-order valence-corrected chi connectivity index (χ4v) is 3.99. The molecule has 8 nitrogen and oxygen atoms in total. The van der Waals surface area contributed by atoms with Gasteiger partial charge < -0.3 is 25.2 Å². The smallest absolute Gasteiger partial charge is 0.407 e. The molecule has 1 aromatic heterocycles. The van der Waals surface area contributed by atoms with E-state index in [0.717, 1.165) is 16.3 Å². The van der Waals surface area contributed by atoms with Crippen molar-refractivity contribution in [1.82, 2.24) is 10.3 Å². The van der Waals surface area contributed by atoms with Crippen LogP contribution in [-0.4, -0.2) is 40.8 Å². The van der Waals surface area contributed by atoms with E-state index < -0.39 is 23.7 Å². The highest BCUT2D eigenvalue weighted by Gasteiger charge is 2.24. The molecule has 4 rings (SSSR count). The highest BCUT2D eigenvalue weighted by atomic mass is 16.6. The summed E-state index contributed by atoms with van der Waals surface area (Å²) >= 11 is 0. The van der Waals surface area contributed by atoms with Crippen LogP contribution in [0, 0.1) is 0 Å². The van der Waals surface area contributed by atoms with Gasteiger partial charge in [-0.2, -0.15) is 0 Å². The molecular weight excluding hydrogens is 518 g/mol. The lowest BCUT2D eigenvalue weighted by molar-refractivity contribution is -0.117. The number of carbonyl (C=O) groups excluding carboxylic acids is 2. The largest absolute Gasteiger partial charge is 0.491 e. The first kappa shape index (κ1) is 31.1. The van der Waals surface area contributed by atoms with Crippen molar-refractivity contribution in [3.63, 3.8) is 0 Å². The molecule has 0 saturated heterocycles. The molecule has 0 bridgehead atoms. The minimum Gasteiger partial charge on any atom is -0.491 e. The number of aliphatic hydroxyl groups is 1. The fraction of sp³-hybridized carbons (Fsp3) is 0.303. The van der Waals surface area contributed by atoms with E-state index in [-0.39, 0.29) is 19.1 Å². The van der Waals surface area contributed by atoms with Crippen molar-refractivity contribution >= 4 is 28.5 Å². The van der Waals surface area contributed by atoms with Crippen LogP contribution in [0.25, 0.3) is 10.8 Å². The molecule has 4 aromatic rings. The first-order valence-electron chi connectivity index (χ1n) is 13.8. The second-order valence-electron chi connectivity index (χ2n) is 10.2. The second kappa shape index (κ2) is 14.8. The van der Waals surface area contributed by atoms with E-state index in [2.05, 4.69) is 15.6 Å². The summed E-state index contributed by atoms with van der Waals surface area (Å²) in [5.41, 5.74) is 1.43. The van der Waals surface area contributed by atoms with Gasteiger partial charge in [0.1, 0.15) is 24.1 Å². The zero-order chi connectivity index (χ0) is 29.8. The summed E-state index contributed by atoms with van der Waals surface area (Å²) in [7, 11) is 0. The summed E-state index contributed by atoms with van der Waals surface area (Å²) in [6.45, 7) is 9.45. The summed E-state index contributed by atoms with van der Waals surface area (Å²) in [5.74, 6) is -0.432. The maximum Gasteiger partial charge on any atom is 0.407 e. The molecule has 0 aliphatic carbocycles. The number of fused-ring (bicyclic) bond motifs is 1. The minimum absolute atomic E-state index is 0.0329. The number of hydrogen-bond donors (Lipinski definition) is 3. The zero-order valence-corrected chi connectivity index (χ0v) is 24.3. The van der Waals surface area contributed by atoms with Crippen molar-refractivity contribution in [2.75, 3.05) is 18.5 Å². The molecule has 216 valence electrons. The van der Waals surface area contributed by atoms with E-state index in [4.69, 9.17) is 9.47 Å². The third-order valence-corrected chi connectivity index (χ3v) is 5.95. The van der Waals surface area contributed by atoms with Crippen molar-refractivity contribution in [2.45, 2.75) is 52.2 Å². The van der Waals surface area contributed by atoms with Gasteiger partial charge >= 0.3 is 6.09 Å². The minimum atomic E-state index is -0.764. The first-order valence-corrected chi connectivity index (χ1v) is 13.8. The summed E-state index contributed by atoms with van der Waals surface area (Å²) in [5, 5.41) is 18.0. The monoisotopic (exact) mass is 557 g/mol. The van der Waals surface area contributed by atoms with Gasteiger partial charge in [0.05, 0.1) is 5.92 Å². The molecule has 0 saturated carbocycles. The molecular formula is C33H39N3O5. The molecule has 0 spiro atoms.